The molecule has 1 aromatic carbocycles. The Morgan fingerprint density at radius 1 is 1.18 bits per heavy atom. The van der Waals surface area contributed by atoms with Crippen molar-refractivity contribution in [3.63, 3.8) is 0 Å². The summed E-state index contributed by atoms with van der Waals surface area (Å²) in [4.78, 5) is 25.2. The average Bonchev–Trinajstić information content (AvgIpc) is 3.01. The van der Waals surface area contributed by atoms with Crippen LogP contribution < -0.4 is 10.6 Å². The first-order chi connectivity index (χ1) is 10.7. The number of nitro groups is 1. The van der Waals surface area contributed by atoms with E-state index in [0.29, 0.717) is 18.8 Å². The number of hydrogen-bond donors (Lipinski definition) is 3. The van der Waals surface area contributed by atoms with Crippen LogP contribution in [-0.2, 0) is 11.2 Å². The molecule has 0 unspecified atom stereocenters. The zero-order valence-corrected chi connectivity index (χ0v) is 12.0. The largest absolute Gasteiger partial charge is 0.379 e. The number of nitrogens with zero attached hydrogens (tertiary/aromatic N) is 1. The highest BCUT2D eigenvalue weighted by molar-refractivity contribution is 5.76. The van der Waals surface area contributed by atoms with E-state index < -0.39 is 4.92 Å². The predicted octanol–water partition coefficient (Wildman–Crippen LogP) is 2.08. The number of H-pyrrole nitrogens is 1. The molecule has 0 aliphatic carbocycles. The first kappa shape index (κ1) is 15.6. The van der Waals surface area contributed by atoms with Gasteiger partial charge in [0, 0.05) is 43.9 Å². The number of aromatic amines is 1. The maximum Gasteiger partial charge on any atom is 0.292 e. The molecule has 1 heterocycles. The molecule has 2 rings (SSSR count). The van der Waals surface area contributed by atoms with E-state index in [9.17, 15) is 14.9 Å². The highest BCUT2D eigenvalue weighted by Crippen LogP contribution is 2.22. The van der Waals surface area contributed by atoms with E-state index >= 15 is 0 Å². The molecule has 0 saturated heterocycles. The molecule has 0 bridgehead atoms. The topological polar surface area (TPSA) is 100 Å². The molecule has 0 radical (unpaired) electrons. The Labute approximate surface area is 127 Å². The number of amides is 1. The Morgan fingerprint density at radius 3 is 2.73 bits per heavy atom. The van der Waals surface area contributed by atoms with Crippen LogP contribution in [0, 0.1) is 10.1 Å². The third kappa shape index (κ3) is 4.62. The van der Waals surface area contributed by atoms with Gasteiger partial charge in [0.1, 0.15) is 5.69 Å². The summed E-state index contributed by atoms with van der Waals surface area (Å²) >= 11 is 0. The molecule has 22 heavy (non-hydrogen) atoms. The van der Waals surface area contributed by atoms with Crippen LogP contribution in [0.5, 0.6) is 0 Å². The molecule has 7 heteroatoms. The minimum absolute atomic E-state index is 0.00894. The van der Waals surface area contributed by atoms with Gasteiger partial charge in [-0.25, -0.2) is 0 Å². The SMILES string of the molecule is O=C(CCNc1ccccc1[N+](=O)[O-])NCCc1ccc[nH]1. The van der Waals surface area contributed by atoms with Gasteiger partial charge in [0.15, 0.2) is 0 Å². The monoisotopic (exact) mass is 302 g/mol. The third-order valence-electron chi connectivity index (χ3n) is 3.15. The van der Waals surface area contributed by atoms with E-state index in [-0.39, 0.29) is 18.0 Å². The molecule has 1 aromatic heterocycles. The van der Waals surface area contributed by atoms with Gasteiger partial charge in [-0.1, -0.05) is 12.1 Å². The summed E-state index contributed by atoms with van der Waals surface area (Å²) in [6.45, 7) is 0.907. The molecule has 3 N–H and O–H groups in total. The van der Waals surface area contributed by atoms with Crippen LogP contribution in [0.25, 0.3) is 0 Å². The molecular weight excluding hydrogens is 284 g/mol. The van der Waals surface area contributed by atoms with E-state index in [0.717, 1.165) is 12.1 Å². The fourth-order valence-electron chi connectivity index (χ4n) is 2.04. The molecule has 0 spiro atoms. The zero-order chi connectivity index (χ0) is 15.8. The molecule has 0 aliphatic rings. The number of nitrogens with one attached hydrogen (secondary N) is 3. The molecule has 0 aliphatic heterocycles. The van der Waals surface area contributed by atoms with Gasteiger partial charge in [-0.15, -0.1) is 0 Å². The van der Waals surface area contributed by atoms with Gasteiger partial charge in [-0.3, -0.25) is 14.9 Å². The normalized spacial score (nSPS) is 10.2. The van der Waals surface area contributed by atoms with Gasteiger partial charge in [0.05, 0.1) is 4.92 Å². The van der Waals surface area contributed by atoms with Gasteiger partial charge in [0.2, 0.25) is 5.91 Å². The molecule has 0 saturated carbocycles. The second kappa shape index (κ2) is 7.82. The maximum absolute atomic E-state index is 11.7. The van der Waals surface area contributed by atoms with Crippen LogP contribution in [0.15, 0.2) is 42.6 Å². The summed E-state index contributed by atoms with van der Waals surface area (Å²) < 4.78 is 0. The fraction of sp³-hybridized carbons (Fsp3) is 0.267. The van der Waals surface area contributed by atoms with E-state index in [1.807, 2.05) is 18.3 Å². The van der Waals surface area contributed by atoms with Crippen molar-refractivity contribution in [3.05, 3.63) is 58.4 Å². The zero-order valence-electron chi connectivity index (χ0n) is 12.0. The predicted molar refractivity (Wildman–Crippen MR) is 83.7 cm³/mol. The van der Waals surface area contributed by atoms with Crippen LogP contribution in [0.3, 0.4) is 0 Å². The van der Waals surface area contributed by atoms with E-state index in [1.165, 1.54) is 6.07 Å². The van der Waals surface area contributed by atoms with E-state index in [4.69, 9.17) is 0 Å². The molecular formula is C15H18N4O3. The minimum Gasteiger partial charge on any atom is -0.379 e. The van der Waals surface area contributed by atoms with Crippen molar-refractivity contribution in [3.8, 4) is 0 Å². The minimum atomic E-state index is -0.446. The van der Waals surface area contributed by atoms with Crippen LogP contribution in [0.4, 0.5) is 11.4 Å². The molecule has 7 nitrogen and oxygen atoms in total. The van der Waals surface area contributed by atoms with Crippen LogP contribution in [0.1, 0.15) is 12.1 Å². The maximum atomic E-state index is 11.7. The van der Waals surface area contributed by atoms with Gasteiger partial charge in [-0.05, 0) is 18.2 Å². The van der Waals surface area contributed by atoms with Gasteiger partial charge < -0.3 is 15.6 Å². The second-order valence-electron chi connectivity index (χ2n) is 4.75. The van der Waals surface area contributed by atoms with Crippen molar-refractivity contribution in [2.75, 3.05) is 18.4 Å². The summed E-state index contributed by atoms with van der Waals surface area (Å²) in [5, 5.41) is 16.6. The summed E-state index contributed by atoms with van der Waals surface area (Å²) in [5.74, 6) is -0.0855. The second-order valence-corrected chi connectivity index (χ2v) is 4.75. The highest BCUT2D eigenvalue weighted by Gasteiger charge is 2.11. The Bertz CT molecular complexity index is 625. The Balaban J connectivity index is 1.70. The summed E-state index contributed by atoms with van der Waals surface area (Å²) in [5.41, 5.74) is 1.50. The molecule has 1 amide bonds. The number of carbonyl (C=O) groups is 1. The average molecular weight is 302 g/mol. The van der Waals surface area contributed by atoms with Crippen molar-refractivity contribution in [2.24, 2.45) is 0 Å². The number of carbonyl (C=O) groups excluding carboxylic acids is 1. The van der Waals surface area contributed by atoms with Crippen LogP contribution in [-0.4, -0.2) is 28.9 Å². The summed E-state index contributed by atoms with van der Waals surface area (Å²) in [6, 6.07) is 10.2. The lowest BCUT2D eigenvalue weighted by atomic mass is 10.2. The first-order valence-electron chi connectivity index (χ1n) is 7.03. The van der Waals surface area contributed by atoms with Crippen molar-refractivity contribution in [2.45, 2.75) is 12.8 Å². The first-order valence-corrected chi connectivity index (χ1v) is 7.03. The summed E-state index contributed by atoms with van der Waals surface area (Å²) in [6.07, 6.45) is 2.85. The van der Waals surface area contributed by atoms with Gasteiger partial charge in [-0.2, -0.15) is 0 Å². The number of hydrogen-bond acceptors (Lipinski definition) is 4. The third-order valence-corrected chi connectivity index (χ3v) is 3.15. The number of benzene rings is 1. The molecule has 116 valence electrons. The Hall–Kier alpha value is -2.83. The smallest absolute Gasteiger partial charge is 0.292 e. The number of nitro benzene ring substituents is 1. The molecule has 0 atom stereocenters. The van der Waals surface area contributed by atoms with Gasteiger partial charge >= 0.3 is 0 Å². The van der Waals surface area contributed by atoms with Gasteiger partial charge in [0.25, 0.3) is 5.69 Å². The van der Waals surface area contributed by atoms with Crippen molar-refractivity contribution >= 4 is 17.3 Å². The quantitative estimate of drug-likeness (QED) is 0.513. The van der Waals surface area contributed by atoms with Crippen LogP contribution in [0.2, 0.25) is 0 Å². The van der Waals surface area contributed by atoms with Crippen molar-refractivity contribution in [1.29, 1.82) is 0 Å². The lowest BCUT2D eigenvalue weighted by molar-refractivity contribution is -0.384. The standard InChI is InChI=1S/C15H18N4O3/c20-15(18-10-7-12-4-3-9-16-12)8-11-17-13-5-1-2-6-14(13)19(21)22/h1-6,9,16-17H,7-8,10-11H2,(H,18,20). The summed E-state index contributed by atoms with van der Waals surface area (Å²) in [7, 11) is 0. The molecule has 2 aromatic rings. The number of para-hydroxylation sites is 2. The molecule has 0 fully saturated rings. The van der Waals surface area contributed by atoms with Crippen molar-refractivity contribution in [1.82, 2.24) is 10.3 Å². The number of anilines is 1. The number of aromatic nitrogens is 1. The highest BCUT2D eigenvalue weighted by atomic mass is 16.6. The van der Waals surface area contributed by atoms with E-state index in [2.05, 4.69) is 15.6 Å². The van der Waals surface area contributed by atoms with E-state index in [1.54, 1.807) is 18.2 Å². The van der Waals surface area contributed by atoms with Crippen LogP contribution >= 0.6 is 0 Å². The lowest BCUT2D eigenvalue weighted by Crippen LogP contribution is -2.27. The lowest BCUT2D eigenvalue weighted by Gasteiger charge is -2.07. The Kier molecular flexibility index (Phi) is 5.53. The fourth-order valence-corrected chi connectivity index (χ4v) is 2.04. The van der Waals surface area contributed by atoms with Crippen molar-refractivity contribution < 1.29 is 9.72 Å². The Morgan fingerprint density at radius 2 is 2.00 bits per heavy atom. The number of rotatable bonds is 8.